The van der Waals surface area contributed by atoms with E-state index in [-0.39, 0.29) is 26.5 Å². The highest BCUT2D eigenvalue weighted by Crippen LogP contribution is 2.30. The lowest BCUT2D eigenvalue weighted by Gasteiger charge is -2.13. The Morgan fingerprint density at radius 3 is 2.59 bits per heavy atom. The van der Waals surface area contributed by atoms with E-state index in [1.807, 2.05) is 0 Å². The van der Waals surface area contributed by atoms with E-state index in [2.05, 4.69) is 9.71 Å². The number of nitrogens with zero attached hydrogens (tertiary/aromatic N) is 1. The SMILES string of the molecule is O=S(=O)(CC1=NC=CC1)c1ccc(Cl)cc1NS(=O)(=O)c1cc2ccccc2o1. The Kier molecular flexibility index (Phi) is 4.97. The number of sulfonamides is 1. The number of para-hydroxylation sites is 1. The Balaban J connectivity index is 1.72. The molecule has 29 heavy (non-hydrogen) atoms. The standard InChI is InChI=1S/C19H15ClN2O5S2/c20-14-7-8-18(28(23,24)12-15-5-3-9-21-15)16(11-14)22-29(25,26)19-10-13-4-1-2-6-17(13)27-19/h1-4,6-11,22H,5,12H2. The maximum atomic E-state index is 12.9. The van der Waals surface area contributed by atoms with Gasteiger partial charge >= 0.3 is 0 Å². The van der Waals surface area contributed by atoms with E-state index < -0.39 is 19.9 Å². The van der Waals surface area contributed by atoms with E-state index in [0.717, 1.165) is 0 Å². The van der Waals surface area contributed by atoms with Gasteiger partial charge in [0.25, 0.3) is 10.0 Å². The molecule has 0 atom stereocenters. The van der Waals surface area contributed by atoms with Crippen LogP contribution in [0.3, 0.4) is 0 Å². The first-order chi connectivity index (χ1) is 13.7. The van der Waals surface area contributed by atoms with Crippen LogP contribution in [0.1, 0.15) is 6.42 Å². The predicted molar refractivity (Wildman–Crippen MR) is 112 cm³/mol. The number of rotatable bonds is 6. The molecule has 0 radical (unpaired) electrons. The fourth-order valence-electron chi connectivity index (χ4n) is 2.93. The summed E-state index contributed by atoms with van der Waals surface area (Å²) in [5, 5.41) is 0.469. The third-order valence-corrected chi connectivity index (χ3v) is 7.46. The zero-order valence-electron chi connectivity index (χ0n) is 14.9. The van der Waals surface area contributed by atoms with Gasteiger partial charge in [0.05, 0.1) is 16.3 Å². The summed E-state index contributed by atoms with van der Waals surface area (Å²) in [7, 11) is -8.04. The van der Waals surface area contributed by atoms with E-state index in [0.29, 0.717) is 23.1 Å². The first-order valence-corrected chi connectivity index (χ1v) is 12.0. The van der Waals surface area contributed by atoms with Gasteiger partial charge in [-0.05, 0) is 24.3 Å². The molecule has 0 bridgehead atoms. The highest BCUT2D eigenvalue weighted by atomic mass is 35.5. The highest BCUT2D eigenvalue weighted by molar-refractivity contribution is 7.93. The van der Waals surface area contributed by atoms with E-state index in [1.165, 1.54) is 30.5 Å². The number of benzene rings is 2. The Bertz CT molecular complexity index is 1340. The lowest BCUT2D eigenvalue weighted by atomic mass is 10.3. The van der Waals surface area contributed by atoms with Gasteiger partial charge in [0.1, 0.15) is 5.58 Å². The highest BCUT2D eigenvalue weighted by Gasteiger charge is 2.26. The van der Waals surface area contributed by atoms with Gasteiger partial charge in [-0.3, -0.25) is 9.71 Å². The first-order valence-electron chi connectivity index (χ1n) is 8.49. The van der Waals surface area contributed by atoms with Crippen LogP contribution in [-0.4, -0.2) is 28.3 Å². The minimum Gasteiger partial charge on any atom is -0.443 e. The second-order valence-electron chi connectivity index (χ2n) is 6.39. The number of hydrogen-bond donors (Lipinski definition) is 1. The van der Waals surface area contributed by atoms with Crippen LogP contribution in [0.5, 0.6) is 0 Å². The van der Waals surface area contributed by atoms with Crippen LogP contribution in [0.2, 0.25) is 5.02 Å². The summed E-state index contributed by atoms with van der Waals surface area (Å²) in [4.78, 5) is 3.83. The van der Waals surface area contributed by atoms with Gasteiger partial charge in [-0.25, -0.2) is 8.42 Å². The second-order valence-corrected chi connectivity index (χ2v) is 10.4. The largest absolute Gasteiger partial charge is 0.443 e. The number of aliphatic imine (C=N–C) groups is 1. The van der Waals surface area contributed by atoms with Crippen molar-refractivity contribution in [1.82, 2.24) is 0 Å². The zero-order valence-corrected chi connectivity index (χ0v) is 17.3. The Morgan fingerprint density at radius 1 is 1.07 bits per heavy atom. The number of halogens is 1. The normalized spacial score (nSPS) is 14.3. The number of sulfone groups is 1. The third kappa shape index (κ3) is 4.07. The van der Waals surface area contributed by atoms with Gasteiger partial charge < -0.3 is 4.42 Å². The van der Waals surface area contributed by atoms with Crippen molar-refractivity contribution in [2.24, 2.45) is 4.99 Å². The summed E-state index contributed by atoms with van der Waals surface area (Å²) >= 11 is 5.99. The van der Waals surface area contributed by atoms with Crippen molar-refractivity contribution in [2.75, 3.05) is 10.5 Å². The Labute approximate surface area is 172 Å². The Morgan fingerprint density at radius 2 is 1.86 bits per heavy atom. The summed E-state index contributed by atoms with van der Waals surface area (Å²) < 4.78 is 59.1. The Hall–Kier alpha value is -2.62. The van der Waals surface area contributed by atoms with E-state index in [4.69, 9.17) is 16.0 Å². The molecule has 2 heterocycles. The molecular weight excluding hydrogens is 436 g/mol. The van der Waals surface area contributed by atoms with Gasteiger partial charge in [0, 0.05) is 34.8 Å². The lowest BCUT2D eigenvalue weighted by Crippen LogP contribution is -2.19. The summed E-state index contributed by atoms with van der Waals surface area (Å²) in [6.45, 7) is 0. The van der Waals surface area contributed by atoms with Gasteiger partial charge in [-0.2, -0.15) is 8.42 Å². The average molecular weight is 451 g/mol. The molecule has 7 nitrogen and oxygen atoms in total. The van der Waals surface area contributed by atoms with E-state index in [9.17, 15) is 16.8 Å². The van der Waals surface area contributed by atoms with Crippen molar-refractivity contribution < 1.29 is 21.3 Å². The number of allylic oxidation sites excluding steroid dienone is 1. The molecule has 1 aromatic heterocycles. The second kappa shape index (κ2) is 7.33. The van der Waals surface area contributed by atoms with Crippen LogP contribution in [0.25, 0.3) is 11.0 Å². The first kappa shape index (κ1) is 19.7. The van der Waals surface area contributed by atoms with Crippen molar-refractivity contribution in [3.63, 3.8) is 0 Å². The summed E-state index contributed by atoms with van der Waals surface area (Å²) in [5.41, 5.74) is 0.731. The molecule has 1 aliphatic heterocycles. The molecule has 0 aliphatic carbocycles. The average Bonchev–Trinajstić information content (AvgIpc) is 3.30. The maximum Gasteiger partial charge on any atom is 0.295 e. The molecule has 2 aromatic carbocycles. The maximum absolute atomic E-state index is 12.9. The molecule has 0 saturated heterocycles. The van der Waals surface area contributed by atoms with Gasteiger partial charge in [-0.1, -0.05) is 35.9 Å². The lowest BCUT2D eigenvalue weighted by molar-refractivity contribution is 0.484. The van der Waals surface area contributed by atoms with Crippen molar-refractivity contribution in [2.45, 2.75) is 16.4 Å². The smallest absolute Gasteiger partial charge is 0.295 e. The molecule has 0 amide bonds. The number of nitrogens with one attached hydrogen (secondary N) is 1. The van der Waals surface area contributed by atoms with Gasteiger partial charge in [0.15, 0.2) is 9.84 Å². The number of hydrogen-bond acceptors (Lipinski definition) is 6. The minimum atomic E-state index is -4.18. The van der Waals surface area contributed by atoms with E-state index >= 15 is 0 Å². The van der Waals surface area contributed by atoms with Crippen LogP contribution in [0, 0.1) is 0 Å². The third-order valence-electron chi connectivity index (χ3n) is 4.26. The number of fused-ring (bicyclic) bond motifs is 1. The molecule has 150 valence electrons. The van der Waals surface area contributed by atoms with Crippen LogP contribution < -0.4 is 4.72 Å². The number of furan rings is 1. The molecule has 10 heteroatoms. The molecular formula is C19H15ClN2O5S2. The fourth-order valence-corrected chi connectivity index (χ4v) is 5.72. The molecule has 1 N–H and O–H groups in total. The molecule has 0 unspecified atom stereocenters. The number of anilines is 1. The predicted octanol–water partition coefficient (Wildman–Crippen LogP) is 4.02. The van der Waals surface area contributed by atoms with Crippen LogP contribution in [-0.2, 0) is 19.9 Å². The monoisotopic (exact) mass is 450 g/mol. The van der Waals surface area contributed by atoms with Crippen LogP contribution >= 0.6 is 11.6 Å². The molecule has 1 aliphatic rings. The molecule has 3 aromatic rings. The van der Waals surface area contributed by atoms with Crippen molar-refractivity contribution >= 4 is 53.8 Å². The van der Waals surface area contributed by atoms with Gasteiger partial charge in [0.2, 0.25) is 5.09 Å². The molecule has 0 saturated carbocycles. The van der Waals surface area contributed by atoms with Gasteiger partial charge in [-0.15, -0.1) is 0 Å². The van der Waals surface area contributed by atoms with Crippen LogP contribution in [0.4, 0.5) is 5.69 Å². The molecule has 0 spiro atoms. The minimum absolute atomic E-state index is 0.149. The molecule has 0 fully saturated rings. The quantitative estimate of drug-likeness (QED) is 0.610. The van der Waals surface area contributed by atoms with Crippen molar-refractivity contribution in [3.8, 4) is 0 Å². The van der Waals surface area contributed by atoms with Crippen molar-refractivity contribution in [3.05, 3.63) is 65.8 Å². The topological polar surface area (TPSA) is 106 Å². The fraction of sp³-hybridized carbons (Fsp3) is 0.105. The molecule has 4 rings (SSSR count). The summed E-state index contributed by atoms with van der Waals surface area (Å²) in [5.74, 6) is -0.318. The summed E-state index contributed by atoms with van der Waals surface area (Å²) in [6, 6.07) is 12.1. The summed E-state index contributed by atoms with van der Waals surface area (Å²) in [6.07, 6.45) is 3.72. The zero-order chi connectivity index (χ0) is 20.6. The van der Waals surface area contributed by atoms with Crippen LogP contribution in [0.15, 0.2) is 80.2 Å². The van der Waals surface area contributed by atoms with E-state index in [1.54, 1.807) is 30.3 Å². The van der Waals surface area contributed by atoms with Crippen molar-refractivity contribution in [1.29, 1.82) is 0 Å².